The zero-order valence-electron chi connectivity index (χ0n) is 16.2. The zero-order chi connectivity index (χ0) is 18.9. The summed E-state index contributed by atoms with van der Waals surface area (Å²) in [7, 11) is 0. The third-order valence-electron chi connectivity index (χ3n) is 5.21. The molecule has 1 fully saturated rings. The lowest BCUT2D eigenvalue weighted by molar-refractivity contribution is -0.131. The summed E-state index contributed by atoms with van der Waals surface area (Å²) in [6.07, 6.45) is 4.21. The first-order chi connectivity index (χ1) is 12.2. The van der Waals surface area contributed by atoms with Gasteiger partial charge in [-0.25, -0.2) is 4.68 Å². The van der Waals surface area contributed by atoms with E-state index < -0.39 is 5.54 Å². The normalized spacial score (nSPS) is 16.1. The van der Waals surface area contributed by atoms with Crippen molar-refractivity contribution in [1.29, 1.82) is 0 Å². The molecule has 6 nitrogen and oxygen atoms in total. The number of aromatic nitrogens is 3. The van der Waals surface area contributed by atoms with Crippen LogP contribution in [0.4, 0.5) is 0 Å². The second-order valence-corrected chi connectivity index (χ2v) is 8.02. The van der Waals surface area contributed by atoms with Crippen molar-refractivity contribution in [2.75, 3.05) is 13.1 Å². The lowest BCUT2D eigenvalue weighted by atomic mass is 10.0. The number of likely N-dealkylation sites (tertiary alicyclic amines) is 1. The van der Waals surface area contributed by atoms with Crippen molar-refractivity contribution in [3.63, 3.8) is 0 Å². The molecule has 0 spiro atoms. The molecule has 1 aliphatic heterocycles. The van der Waals surface area contributed by atoms with E-state index in [1.165, 1.54) is 11.1 Å². The van der Waals surface area contributed by atoms with Gasteiger partial charge in [-0.05, 0) is 51.7 Å². The van der Waals surface area contributed by atoms with Gasteiger partial charge in [0, 0.05) is 13.1 Å². The summed E-state index contributed by atoms with van der Waals surface area (Å²) in [5, 5.41) is 8.45. The highest BCUT2D eigenvalue weighted by Crippen LogP contribution is 2.24. The molecule has 1 aromatic heterocycles. The number of rotatable bonds is 4. The monoisotopic (exact) mass is 355 g/mol. The predicted octanol–water partition coefficient (Wildman–Crippen LogP) is 2.49. The van der Waals surface area contributed by atoms with Crippen LogP contribution in [0.2, 0.25) is 0 Å². The van der Waals surface area contributed by atoms with Gasteiger partial charge in [0.05, 0.1) is 24.2 Å². The molecule has 1 amide bonds. The van der Waals surface area contributed by atoms with Gasteiger partial charge in [-0.2, -0.15) is 0 Å². The molecule has 0 bridgehead atoms. The molecule has 3 rings (SSSR count). The summed E-state index contributed by atoms with van der Waals surface area (Å²) in [6.45, 7) is 9.50. The van der Waals surface area contributed by atoms with Crippen LogP contribution in [0.1, 0.15) is 55.1 Å². The highest BCUT2D eigenvalue weighted by atomic mass is 16.2. The maximum Gasteiger partial charge on any atom is 0.227 e. The molecule has 0 atom stereocenters. The Morgan fingerprint density at radius 1 is 1.27 bits per heavy atom. The van der Waals surface area contributed by atoms with Crippen LogP contribution in [0.5, 0.6) is 0 Å². The molecule has 0 unspecified atom stereocenters. The molecule has 1 saturated heterocycles. The van der Waals surface area contributed by atoms with Gasteiger partial charge in [0.15, 0.2) is 0 Å². The molecule has 2 aromatic rings. The first-order valence-electron chi connectivity index (χ1n) is 9.29. The molecule has 1 aliphatic rings. The van der Waals surface area contributed by atoms with E-state index in [0.29, 0.717) is 6.42 Å². The van der Waals surface area contributed by atoms with Gasteiger partial charge in [0.2, 0.25) is 5.91 Å². The van der Waals surface area contributed by atoms with Crippen molar-refractivity contribution in [2.45, 2.75) is 58.5 Å². The van der Waals surface area contributed by atoms with Crippen molar-refractivity contribution in [3.8, 4) is 0 Å². The topological polar surface area (TPSA) is 77.0 Å². The number of carbonyl (C=O) groups excluding carboxylic acids is 1. The average Bonchev–Trinajstić information content (AvgIpc) is 3.09. The Kier molecular flexibility index (Phi) is 5.14. The quantitative estimate of drug-likeness (QED) is 0.914. The fourth-order valence-electron chi connectivity index (χ4n) is 3.40. The van der Waals surface area contributed by atoms with Crippen LogP contribution in [0.15, 0.2) is 24.4 Å². The largest absolute Gasteiger partial charge is 0.342 e. The van der Waals surface area contributed by atoms with Gasteiger partial charge in [0.25, 0.3) is 0 Å². The number of hydrogen-bond donors (Lipinski definition) is 1. The van der Waals surface area contributed by atoms with E-state index in [-0.39, 0.29) is 11.9 Å². The Balaban J connectivity index is 1.59. The summed E-state index contributed by atoms with van der Waals surface area (Å²) >= 11 is 0. The SMILES string of the molecule is Cc1ccc(C)c(CC(=O)N2CCC(n3cc(C(C)(C)N)nn3)CC2)c1. The number of nitrogens with two attached hydrogens (primary N) is 1. The van der Waals surface area contributed by atoms with E-state index >= 15 is 0 Å². The molecular weight excluding hydrogens is 326 g/mol. The molecule has 0 aliphatic carbocycles. The van der Waals surface area contributed by atoms with Crippen LogP contribution in [0.3, 0.4) is 0 Å². The number of nitrogens with zero attached hydrogens (tertiary/aromatic N) is 4. The third kappa shape index (κ3) is 4.12. The van der Waals surface area contributed by atoms with Crippen LogP contribution in [-0.4, -0.2) is 38.9 Å². The number of piperidine rings is 1. The van der Waals surface area contributed by atoms with E-state index in [1.54, 1.807) is 0 Å². The smallest absolute Gasteiger partial charge is 0.227 e. The molecule has 1 aromatic carbocycles. The van der Waals surface area contributed by atoms with Crippen LogP contribution in [0.25, 0.3) is 0 Å². The Bertz CT molecular complexity index is 782. The Morgan fingerprint density at radius 2 is 1.96 bits per heavy atom. The standard InChI is InChI=1S/C20H29N5O/c1-14-5-6-15(2)16(11-14)12-19(26)24-9-7-17(8-10-24)25-13-18(22-23-25)20(3,4)21/h5-6,11,13,17H,7-10,12,21H2,1-4H3. The summed E-state index contributed by atoms with van der Waals surface area (Å²) in [5.41, 5.74) is 9.90. The highest BCUT2D eigenvalue weighted by molar-refractivity contribution is 5.79. The second kappa shape index (κ2) is 7.19. The minimum atomic E-state index is -0.486. The Morgan fingerprint density at radius 3 is 2.58 bits per heavy atom. The molecule has 0 saturated carbocycles. The molecule has 140 valence electrons. The average molecular weight is 355 g/mol. The fourth-order valence-corrected chi connectivity index (χ4v) is 3.40. The Hall–Kier alpha value is -2.21. The molecule has 0 radical (unpaired) electrons. The third-order valence-corrected chi connectivity index (χ3v) is 5.21. The first kappa shape index (κ1) is 18.6. The number of amides is 1. The van der Waals surface area contributed by atoms with Gasteiger partial charge in [-0.1, -0.05) is 29.0 Å². The number of hydrogen-bond acceptors (Lipinski definition) is 4. The van der Waals surface area contributed by atoms with Crippen LogP contribution >= 0.6 is 0 Å². The zero-order valence-corrected chi connectivity index (χ0v) is 16.2. The maximum atomic E-state index is 12.7. The van der Waals surface area contributed by atoms with Crippen molar-refractivity contribution < 1.29 is 4.79 Å². The summed E-state index contributed by atoms with van der Waals surface area (Å²) in [6, 6.07) is 6.57. The first-order valence-corrected chi connectivity index (χ1v) is 9.29. The van der Waals surface area contributed by atoms with E-state index in [0.717, 1.165) is 37.2 Å². The second-order valence-electron chi connectivity index (χ2n) is 8.02. The molecular formula is C20H29N5O. The van der Waals surface area contributed by atoms with E-state index in [4.69, 9.17) is 5.73 Å². The van der Waals surface area contributed by atoms with Gasteiger partial charge in [-0.15, -0.1) is 5.10 Å². The van der Waals surface area contributed by atoms with Crippen molar-refractivity contribution in [3.05, 3.63) is 46.8 Å². The molecule has 6 heteroatoms. The highest BCUT2D eigenvalue weighted by Gasteiger charge is 2.26. The summed E-state index contributed by atoms with van der Waals surface area (Å²) < 4.78 is 1.91. The number of benzene rings is 1. The van der Waals surface area contributed by atoms with E-state index in [1.807, 2.05) is 29.6 Å². The molecule has 2 heterocycles. The summed E-state index contributed by atoms with van der Waals surface area (Å²) in [5.74, 6) is 0.208. The molecule has 26 heavy (non-hydrogen) atoms. The van der Waals surface area contributed by atoms with Crippen molar-refractivity contribution >= 4 is 5.91 Å². The summed E-state index contributed by atoms with van der Waals surface area (Å²) in [4.78, 5) is 14.7. The minimum Gasteiger partial charge on any atom is -0.342 e. The number of aryl methyl sites for hydroxylation is 2. The van der Waals surface area contributed by atoms with Gasteiger partial charge < -0.3 is 10.6 Å². The lowest BCUT2D eigenvalue weighted by Crippen LogP contribution is -2.40. The maximum absolute atomic E-state index is 12.7. The van der Waals surface area contributed by atoms with E-state index in [9.17, 15) is 4.79 Å². The van der Waals surface area contributed by atoms with Gasteiger partial charge >= 0.3 is 0 Å². The van der Waals surface area contributed by atoms with Gasteiger partial charge in [0.1, 0.15) is 5.69 Å². The molecule has 2 N–H and O–H groups in total. The fraction of sp³-hybridized carbons (Fsp3) is 0.550. The van der Waals surface area contributed by atoms with Crippen molar-refractivity contribution in [2.24, 2.45) is 5.73 Å². The number of carbonyl (C=O) groups is 1. The van der Waals surface area contributed by atoms with Gasteiger partial charge in [-0.3, -0.25) is 4.79 Å². The predicted molar refractivity (Wildman–Crippen MR) is 102 cm³/mol. The van der Waals surface area contributed by atoms with Crippen LogP contribution in [0, 0.1) is 13.8 Å². The lowest BCUT2D eigenvalue weighted by Gasteiger charge is -2.32. The van der Waals surface area contributed by atoms with Crippen molar-refractivity contribution in [1.82, 2.24) is 19.9 Å². The Labute approximate surface area is 155 Å². The van der Waals surface area contributed by atoms with Crippen LogP contribution in [-0.2, 0) is 16.8 Å². The van der Waals surface area contributed by atoms with Crippen LogP contribution < -0.4 is 5.73 Å². The minimum absolute atomic E-state index is 0.208. The van der Waals surface area contributed by atoms with E-state index in [2.05, 4.69) is 42.4 Å².